The standard InChI is InChI=1S/C33H32F7N7OS/c1-32(13-46(2)6-5-15(32)9-34)14-48-31-44-28-18(30(45-31)47-11-16-3-4-17(12-47)43-16)7-20(35)24(27(28)37)25-23-19(10-41)29(42)49-22(23)8-21(36)26(25)33(38,39)40/h7-8,15-17,43H,3-6,9,11-14,42H2,1-2H3/t15-,16-,17+,32+/m1/s1. The molecule has 0 saturated carbocycles. The summed E-state index contributed by atoms with van der Waals surface area (Å²) in [5, 5.41) is 12.4. The van der Waals surface area contributed by atoms with Crippen molar-refractivity contribution in [3.8, 4) is 23.2 Å². The van der Waals surface area contributed by atoms with Gasteiger partial charge in [-0.1, -0.05) is 6.92 Å². The summed E-state index contributed by atoms with van der Waals surface area (Å²) in [6, 6.07) is 2.93. The molecule has 7 rings (SSSR count). The second-order valence-electron chi connectivity index (χ2n) is 13.6. The Morgan fingerprint density at radius 1 is 1.10 bits per heavy atom. The molecule has 3 saturated heterocycles. The third-order valence-electron chi connectivity index (χ3n) is 10.2. The number of piperazine rings is 1. The lowest BCUT2D eigenvalue weighted by molar-refractivity contribution is -0.139. The van der Waals surface area contributed by atoms with Crippen molar-refractivity contribution in [2.75, 3.05) is 57.1 Å². The number of anilines is 2. The van der Waals surface area contributed by atoms with E-state index in [0.29, 0.717) is 50.0 Å². The number of aromatic nitrogens is 2. The highest BCUT2D eigenvalue weighted by molar-refractivity contribution is 7.23. The minimum absolute atomic E-state index is 0.0538. The maximum Gasteiger partial charge on any atom is 0.419 e. The van der Waals surface area contributed by atoms with Gasteiger partial charge in [0.15, 0.2) is 5.82 Å². The second kappa shape index (κ2) is 12.1. The van der Waals surface area contributed by atoms with Crippen molar-refractivity contribution in [3.05, 3.63) is 40.7 Å². The minimum atomic E-state index is -5.41. The monoisotopic (exact) mass is 707 g/mol. The van der Waals surface area contributed by atoms with E-state index in [1.807, 2.05) is 23.8 Å². The first-order valence-corrected chi connectivity index (χ1v) is 16.6. The number of rotatable bonds is 6. The molecule has 4 atom stereocenters. The van der Waals surface area contributed by atoms with Gasteiger partial charge in [0.1, 0.15) is 34.0 Å². The van der Waals surface area contributed by atoms with E-state index in [1.165, 1.54) is 0 Å². The number of thiophene rings is 1. The van der Waals surface area contributed by atoms with Crippen molar-refractivity contribution in [2.24, 2.45) is 11.3 Å². The molecule has 8 nitrogen and oxygen atoms in total. The third kappa shape index (κ3) is 5.69. The van der Waals surface area contributed by atoms with Crippen molar-refractivity contribution in [3.63, 3.8) is 0 Å². The van der Waals surface area contributed by atoms with Gasteiger partial charge in [-0.15, -0.1) is 11.3 Å². The van der Waals surface area contributed by atoms with Gasteiger partial charge in [-0.25, -0.2) is 13.2 Å². The number of halogens is 7. The maximum atomic E-state index is 16.9. The van der Waals surface area contributed by atoms with Crippen LogP contribution < -0.4 is 20.7 Å². The second-order valence-corrected chi connectivity index (χ2v) is 14.7. The molecule has 3 N–H and O–H groups in total. The van der Waals surface area contributed by atoms with E-state index in [-0.39, 0.29) is 51.5 Å². The summed E-state index contributed by atoms with van der Waals surface area (Å²) in [5.41, 5.74) is -0.134. The number of nitriles is 1. The summed E-state index contributed by atoms with van der Waals surface area (Å²) >= 11 is 0.627. The molecule has 49 heavy (non-hydrogen) atoms. The summed E-state index contributed by atoms with van der Waals surface area (Å²) in [6.07, 6.45) is -3.08. The number of ether oxygens (including phenoxy) is 1. The Bertz CT molecular complexity index is 2000. The summed E-state index contributed by atoms with van der Waals surface area (Å²) in [7, 11) is 1.90. The highest BCUT2D eigenvalue weighted by Crippen LogP contribution is 2.50. The number of nitrogens with two attached hydrogens (primary N) is 1. The molecule has 0 spiro atoms. The molecule has 260 valence electrons. The molecule has 3 aliphatic heterocycles. The Morgan fingerprint density at radius 3 is 2.47 bits per heavy atom. The number of nitrogens with one attached hydrogen (secondary N) is 1. The summed E-state index contributed by atoms with van der Waals surface area (Å²) < 4.78 is 112. The van der Waals surface area contributed by atoms with Crippen molar-refractivity contribution < 1.29 is 35.5 Å². The predicted octanol–water partition coefficient (Wildman–Crippen LogP) is 6.65. The van der Waals surface area contributed by atoms with Gasteiger partial charge in [-0.2, -0.15) is 28.4 Å². The van der Waals surface area contributed by atoms with Crippen LogP contribution in [0.1, 0.15) is 37.3 Å². The Balaban J connectivity index is 1.46. The van der Waals surface area contributed by atoms with Crippen LogP contribution in [-0.4, -0.2) is 73.5 Å². The summed E-state index contributed by atoms with van der Waals surface area (Å²) in [6.45, 7) is 3.28. The molecule has 2 aromatic carbocycles. The van der Waals surface area contributed by atoms with Crippen LogP contribution in [0.4, 0.5) is 41.6 Å². The van der Waals surface area contributed by atoms with E-state index in [0.717, 1.165) is 18.9 Å². The average molecular weight is 708 g/mol. The van der Waals surface area contributed by atoms with Crippen LogP contribution in [-0.2, 0) is 6.18 Å². The zero-order valence-corrected chi connectivity index (χ0v) is 27.3. The number of piperidine rings is 1. The topological polar surface area (TPSA) is 103 Å². The largest absolute Gasteiger partial charge is 0.463 e. The van der Waals surface area contributed by atoms with Gasteiger partial charge in [0.05, 0.1) is 30.0 Å². The van der Waals surface area contributed by atoms with Gasteiger partial charge in [-0.05, 0) is 50.9 Å². The van der Waals surface area contributed by atoms with Gasteiger partial charge in [0, 0.05) is 58.2 Å². The van der Waals surface area contributed by atoms with Crippen LogP contribution in [0.2, 0.25) is 0 Å². The summed E-state index contributed by atoms with van der Waals surface area (Å²) in [5.74, 6) is -4.95. The first kappa shape index (κ1) is 33.6. The molecule has 3 fully saturated rings. The number of likely N-dealkylation sites (tertiary alicyclic amines) is 1. The lowest BCUT2D eigenvalue weighted by Gasteiger charge is -2.43. The van der Waals surface area contributed by atoms with Crippen LogP contribution in [0.3, 0.4) is 0 Å². The van der Waals surface area contributed by atoms with E-state index in [4.69, 9.17) is 10.5 Å². The smallest absolute Gasteiger partial charge is 0.419 e. The number of alkyl halides is 4. The van der Waals surface area contributed by atoms with Crippen LogP contribution >= 0.6 is 11.3 Å². The van der Waals surface area contributed by atoms with Gasteiger partial charge in [-0.3, -0.25) is 4.39 Å². The molecule has 2 bridgehead atoms. The molecule has 0 aliphatic carbocycles. The Labute approximate surface area is 280 Å². The number of hydrogen-bond donors (Lipinski definition) is 2. The lowest BCUT2D eigenvalue weighted by Crippen LogP contribution is -2.51. The predicted molar refractivity (Wildman–Crippen MR) is 172 cm³/mol. The number of benzene rings is 2. The van der Waals surface area contributed by atoms with Gasteiger partial charge < -0.3 is 25.6 Å². The number of nitrogen functional groups attached to an aromatic ring is 1. The highest BCUT2D eigenvalue weighted by Gasteiger charge is 2.43. The fourth-order valence-electron chi connectivity index (χ4n) is 7.76. The van der Waals surface area contributed by atoms with Crippen LogP contribution in [0.15, 0.2) is 12.1 Å². The Hall–Kier alpha value is -3.94. The van der Waals surface area contributed by atoms with Crippen LogP contribution in [0, 0.1) is 40.1 Å². The lowest BCUT2D eigenvalue weighted by atomic mass is 9.73. The maximum absolute atomic E-state index is 16.9. The van der Waals surface area contributed by atoms with E-state index >= 15 is 13.2 Å². The Morgan fingerprint density at radius 2 is 1.82 bits per heavy atom. The van der Waals surface area contributed by atoms with E-state index in [1.54, 1.807) is 6.07 Å². The molecule has 0 unspecified atom stereocenters. The SMILES string of the molecule is CN1CC[C@H](CF)[C@](C)(COc2nc(N3C[C@H]4CC[C@@H](C3)N4)c3cc(F)c(-c4c(C(F)(F)F)c(F)cc5sc(N)c(C#N)c45)c(F)c3n2)C1. The molecular weight excluding hydrogens is 675 g/mol. The Kier molecular flexibility index (Phi) is 8.31. The molecule has 0 amide bonds. The van der Waals surface area contributed by atoms with Gasteiger partial charge >= 0.3 is 12.2 Å². The van der Waals surface area contributed by atoms with Gasteiger partial charge in [0.25, 0.3) is 0 Å². The van der Waals surface area contributed by atoms with Crippen LogP contribution in [0.25, 0.3) is 32.1 Å². The number of nitrogens with zero attached hydrogens (tertiary/aromatic N) is 5. The van der Waals surface area contributed by atoms with Crippen LogP contribution in [0.5, 0.6) is 6.01 Å². The minimum Gasteiger partial charge on any atom is -0.463 e. The third-order valence-corrected chi connectivity index (χ3v) is 11.1. The number of fused-ring (bicyclic) bond motifs is 4. The van der Waals surface area contributed by atoms with Crippen molar-refractivity contribution in [1.82, 2.24) is 20.2 Å². The zero-order valence-electron chi connectivity index (χ0n) is 26.5. The first-order chi connectivity index (χ1) is 23.2. The molecule has 3 aliphatic rings. The normalized spacial score (nSPS) is 24.6. The molecule has 4 aromatic rings. The first-order valence-electron chi connectivity index (χ1n) is 15.8. The van der Waals surface area contributed by atoms with Gasteiger partial charge in [0.2, 0.25) is 0 Å². The highest BCUT2D eigenvalue weighted by atomic mass is 32.1. The summed E-state index contributed by atoms with van der Waals surface area (Å²) in [4.78, 5) is 12.7. The fourth-order valence-corrected chi connectivity index (χ4v) is 8.71. The molecule has 0 radical (unpaired) electrons. The quantitative estimate of drug-likeness (QED) is 0.215. The molecule has 2 aromatic heterocycles. The number of hydrogen-bond acceptors (Lipinski definition) is 9. The van der Waals surface area contributed by atoms with E-state index < -0.39 is 68.9 Å². The molecule has 16 heteroatoms. The average Bonchev–Trinajstić information content (AvgIpc) is 3.54. The van der Waals surface area contributed by atoms with Crippen molar-refractivity contribution in [2.45, 2.75) is 44.4 Å². The van der Waals surface area contributed by atoms with E-state index in [2.05, 4.69) is 15.3 Å². The van der Waals surface area contributed by atoms with E-state index in [9.17, 15) is 22.8 Å². The fraction of sp³-hybridized carbons (Fsp3) is 0.485. The molecular formula is C33H32F7N7OS. The van der Waals surface area contributed by atoms with Crippen molar-refractivity contribution in [1.29, 1.82) is 5.26 Å². The molecule has 5 heterocycles. The van der Waals surface area contributed by atoms with Crippen molar-refractivity contribution >= 4 is 43.1 Å². The zero-order chi connectivity index (χ0) is 35.0.